The number of oxime groups is 1. The van der Waals surface area contributed by atoms with Crippen LogP contribution in [-0.4, -0.2) is 16.3 Å². The molecule has 0 radical (unpaired) electrons. The summed E-state index contributed by atoms with van der Waals surface area (Å²) in [5.41, 5.74) is 0.412. The standard InChI is InChI=1S/C7H5BrN2O3/c8-7-2-1-6(10(12)13)3-5(7)4-9-11/h1-4,11H. The van der Waals surface area contributed by atoms with Gasteiger partial charge < -0.3 is 5.21 Å². The molecule has 0 fully saturated rings. The van der Waals surface area contributed by atoms with Crippen LogP contribution in [0.25, 0.3) is 0 Å². The Balaban J connectivity index is 3.18. The lowest BCUT2D eigenvalue weighted by Crippen LogP contribution is -1.90. The van der Waals surface area contributed by atoms with Crippen LogP contribution in [0.15, 0.2) is 27.8 Å². The summed E-state index contributed by atoms with van der Waals surface area (Å²) in [7, 11) is 0. The van der Waals surface area contributed by atoms with Gasteiger partial charge in [-0.3, -0.25) is 10.1 Å². The third-order valence-corrected chi connectivity index (χ3v) is 2.11. The predicted octanol–water partition coefficient (Wildman–Crippen LogP) is 2.17. The first-order valence-corrected chi connectivity index (χ1v) is 4.06. The van der Waals surface area contributed by atoms with Gasteiger partial charge >= 0.3 is 0 Å². The van der Waals surface area contributed by atoms with Crippen LogP contribution in [0, 0.1) is 10.1 Å². The summed E-state index contributed by atoms with van der Waals surface area (Å²) < 4.78 is 0.635. The average molecular weight is 245 g/mol. The maximum absolute atomic E-state index is 10.4. The highest BCUT2D eigenvalue weighted by atomic mass is 79.9. The lowest BCUT2D eigenvalue weighted by Gasteiger charge is -1.96. The van der Waals surface area contributed by atoms with Gasteiger partial charge in [-0.1, -0.05) is 21.1 Å². The smallest absolute Gasteiger partial charge is 0.270 e. The van der Waals surface area contributed by atoms with Crippen molar-refractivity contribution in [3.8, 4) is 0 Å². The minimum Gasteiger partial charge on any atom is -0.411 e. The second kappa shape index (κ2) is 3.99. The minimum absolute atomic E-state index is 0.0434. The zero-order valence-electron chi connectivity index (χ0n) is 6.35. The normalized spacial score (nSPS) is 10.5. The Morgan fingerprint density at radius 3 is 2.85 bits per heavy atom. The molecular weight excluding hydrogens is 240 g/mol. The number of nitrogens with zero attached hydrogens (tertiary/aromatic N) is 2. The molecule has 0 amide bonds. The summed E-state index contributed by atoms with van der Waals surface area (Å²) >= 11 is 3.16. The van der Waals surface area contributed by atoms with E-state index in [1.54, 1.807) is 0 Å². The van der Waals surface area contributed by atoms with Crippen LogP contribution in [-0.2, 0) is 0 Å². The van der Waals surface area contributed by atoms with Crippen LogP contribution in [0.4, 0.5) is 5.69 Å². The first kappa shape index (κ1) is 9.66. The van der Waals surface area contributed by atoms with Crippen molar-refractivity contribution in [2.45, 2.75) is 0 Å². The van der Waals surface area contributed by atoms with Crippen molar-refractivity contribution in [3.05, 3.63) is 38.3 Å². The molecule has 5 nitrogen and oxygen atoms in total. The molecule has 13 heavy (non-hydrogen) atoms. The highest BCUT2D eigenvalue weighted by molar-refractivity contribution is 9.10. The van der Waals surface area contributed by atoms with Crippen molar-refractivity contribution in [3.63, 3.8) is 0 Å². The minimum atomic E-state index is -0.513. The van der Waals surface area contributed by atoms with Gasteiger partial charge in [-0.25, -0.2) is 0 Å². The van der Waals surface area contributed by atoms with E-state index in [2.05, 4.69) is 21.1 Å². The maximum atomic E-state index is 10.4. The highest BCUT2D eigenvalue weighted by Gasteiger charge is 2.07. The van der Waals surface area contributed by atoms with E-state index in [1.165, 1.54) is 18.2 Å². The molecule has 0 aliphatic heterocycles. The van der Waals surface area contributed by atoms with Gasteiger partial charge in [-0.15, -0.1) is 0 Å². The number of halogens is 1. The van der Waals surface area contributed by atoms with Gasteiger partial charge in [-0.05, 0) is 6.07 Å². The molecule has 6 heteroatoms. The summed E-state index contributed by atoms with van der Waals surface area (Å²) in [5, 5.41) is 21.4. The topological polar surface area (TPSA) is 75.7 Å². The Kier molecular flexibility index (Phi) is 2.97. The van der Waals surface area contributed by atoms with Gasteiger partial charge in [0.05, 0.1) is 11.1 Å². The Hall–Kier alpha value is -1.43. The van der Waals surface area contributed by atoms with E-state index >= 15 is 0 Å². The molecule has 0 saturated carbocycles. The lowest BCUT2D eigenvalue weighted by molar-refractivity contribution is -0.384. The fraction of sp³-hybridized carbons (Fsp3) is 0. The molecule has 1 aromatic rings. The number of non-ortho nitro benzene ring substituents is 1. The van der Waals surface area contributed by atoms with E-state index in [-0.39, 0.29) is 5.69 Å². The summed E-state index contributed by atoms with van der Waals surface area (Å²) in [5.74, 6) is 0. The van der Waals surface area contributed by atoms with Crippen LogP contribution in [0.2, 0.25) is 0 Å². The molecule has 0 bridgehead atoms. The van der Waals surface area contributed by atoms with E-state index in [9.17, 15) is 10.1 Å². The molecule has 1 rings (SSSR count). The van der Waals surface area contributed by atoms with Crippen LogP contribution >= 0.6 is 15.9 Å². The van der Waals surface area contributed by atoms with E-state index < -0.39 is 4.92 Å². The third-order valence-electron chi connectivity index (χ3n) is 1.39. The zero-order valence-corrected chi connectivity index (χ0v) is 7.93. The molecule has 0 spiro atoms. The summed E-state index contributed by atoms with van der Waals surface area (Å²) in [6, 6.07) is 4.19. The van der Waals surface area contributed by atoms with Crippen molar-refractivity contribution in [2.24, 2.45) is 5.16 Å². The van der Waals surface area contributed by atoms with E-state index in [0.29, 0.717) is 10.0 Å². The van der Waals surface area contributed by atoms with Crippen LogP contribution in [0.1, 0.15) is 5.56 Å². The zero-order chi connectivity index (χ0) is 9.84. The largest absolute Gasteiger partial charge is 0.411 e. The van der Waals surface area contributed by atoms with Gasteiger partial charge in [0.25, 0.3) is 5.69 Å². The summed E-state index contributed by atoms with van der Waals surface area (Å²) in [6.45, 7) is 0. The van der Waals surface area contributed by atoms with Gasteiger partial charge in [0.2, 0.25) is 0 Å². The number of hydrogen-bond donors (Lipinski definition) is 1. The Labute approximate surface area is 82.0 Å². The molecule has 0 heterocycles. The van der Waals surface area contributed by atoms with E-state index in [1.807, 2.05) is 0 Å². The molecule has 0 aliphatic rings. The molecule has 0 aromatic heterocycles. The summed E-state index contributed by atoms with van der Waals surface area (Å²) in [4.78, 5) is 9.84. The number of rotatable bonds is 2. The molecular formula is C7H5BrN2O3. The number of hydrogen-bond acceptors (Lipinski definition) is 4. The van der Waals surface area contributed by atoms with Crippen molar-refractivity contribution >= 4 is 27.8 Å². The first-order valence-electron chi connectivity index (χ1n) is 3.26. The van der Waals surface area contributed by atoms with Gasteiger partial charge in [0, 0.05) is 22.2 Å². The van der Waals surface area contributed by atoms with Gasteiger partial charge in [0.1, 0.15) is 0 Å². The maximum Gasteiger partial charge on any atom is 0.270 e. The van der Waals surface area contributed by atoms with Crippen LogP contribution < -0.4 is 0 Å². The SMILES string of the molecule is O=[N+]([O-])c1ccc(Br)c(C=NO)c1. The second-order valence-corrected chi connectivity index (χ2v) is 3.06. The van der Waals surface area contributed by atoms with Gasteiger partial charge in [-0.2, -0.15) is 0 Å². The predicted molar refractivity (Wildman–Crippen MR) is 50.2 cm³/mol. The number of nitro groups is 1. The van der Waals surface area contributed by atoms with Gasteiger partial charge in [0.15, 0.2) is 0 Å². The Bertz CT molecular complexity index is 365. The molecule has 0 saturated heterocycles. The van der Waals surface area contributed by atoms with Crippen molar-refractivity contribution in [1.82, 2.24) is 0 Å². The molecule has 68 valence electrons. The van der Waals surface area contributed by atoms with Crippen LogP contribution in [0.3, 0.4) is 0 Å². The number of nitro benzene ring substituents is 1. The quantitative estimate of drug-likeness (QED) is 0.375. The van der Waals surface area contributed by atoms with E-state index in [4.69, 9.17) is 5.21 Å². The molecule has 1 aromatic carbocycles. The average Bonchev–Trinajstić information content (AvgIpc) is 2.08. The molecule has 0 unspecified atom stereocenters. The van der Waals surface area contributed by atoms with Crippen molar-refractivity contribution in [1.29, 1.82) is 0 Å². The monoisotopic (exact) mass is 244 g/mol. The number of benzene rings is 1. The molecule has 0 atom stereocenters. The summed E-state index contributed by atoms with van der Waals surface area (Å²) in [6.07, 6.45) is 1.12. The Morgan fingerprint density at radius 2 is 2.31 bits per heavy atom. The first-order chi connectivity index (χ1) is 6.15. The fourth-order valence-electron chi connectivity index (χ4n) is 0.806. The lowest BCUT2D eigenvalue weighted by atomic mass is 10.2. The Morgan fingerprint density at radius 1 is 1.62 bits per heavy atom. The van der Waals surface area contributed by atoms with E-state index in [0.717, 1.165) is 6.21 Å². The fourth-order valence-corrected chi connectivity index (χ4v) is 1.15. The molecule has 0 aliphatic carbocycles. The highest BCUT2D eigenvalue weighted by Crippen LogP contribution is 2.20. The van der Waals surface area contributed by atoms with Crippen LogP contribution in [0.5, 0.6) is 0 Å². The molecule has 1 N–H and O–H groups in total. The van der Waals surface area contributed by atoms with Crippen molar-refractivity contribution < 1.29 is 10.1 Å². The third kappa shape index (κ3) is 2.25. The van der Waals surface area contributed by atoms with Crippen molar-refractivity contribution in [2.75, 3.05) is 0 Å². The second-order valence-electron chi connectivity index (χ2n) is 2.21.